The third kappa shape index (κ3) is 6.63. The Morgan fingerprint density at radius 3 is 2.32 bits per heavy atom. The molecule has 162 valence electrons. The molecule has 0 aromatic heterocycles. The molecule has 0 saturated heterocycles. The van der Waals surface area contributed by atoms with Gasteiger partial charge in [-0.25, -0.2) is 12.8 Å². The minimum atomic E-state index is -3.96. The van der Waals surface area contributed by atoms with E-state index in [4.69, 9.17) is 4.74 Å². The predicted molar refractivity (Wildman–Crippen MR) is 117 cm³/mol. The lowest BCUT2D eigenvalue weighted by Gasteiger charge is -2.13. The molecule has 0 fully saturated rings. The first kappa shape index (κ1) is 22.5. The summed E-state index contributed by atoms with van der Waals surface area (Å²) in [7, 11) is -3.96. The standard InChI is InChI=1S/C23H23FN2O4S/c24-19-11-13-20(14-12-19)31(28,29)26-22-10-5-4-9-21(22)23(27)25-15-6-16-30-17-18-7-2-1-3-8-18/h1-5,7-14,26H,6,15-17H2,(H,25,27). The molecular weight excluding hydrogens is 419 g/mol. The van der Waals surface area contributed by atoms with Gasteiger partial charge in [0.1, 0.15) is 5.82 Å². The first-order valence-electron chi connectivity index (χ1n) is 9.73. The fraction of sp³-hybridized carbons (Fsp3) is 0.174. The number of halogens is 1. The van der Waals surface area contributed by atoms with Crippen molar-refractivity contribution in [1.29, 1.82) is 0 Å². The average molecular weight is 443 g/mol. The molecule has 3 aromatic rings. The van der Waals surface area contributed by atoms with Crippen LogP contribution in [0.3, 0.4) is 0 Å². The minimum absolute atomic E-state index is 0.0975. The van der Waals surface area contributed by atoms with Gasteiger partial charge in [-0.3, -0.25) is 9.52 Å². The van der Waals surface area contributed by atoms with Gasteiger partial charge in [0, 0.05) is 13.2 Å². The Bertz CT molecular complexity index is 1100. The highest BCUT2D eigenvalue weighted by Crippen LogP contribution is 2.20. The molecule has 0 saturated carbocycles. The van der Waals surface area contributed by atoms with Gasteiger partial charge in [-0.2, -0.15) is 0 Å². The number of para-hydroxylation sites is 1. The van der Waals surface area contributed by atoms with Crippen molar-refractivity contribution in [2.75, 3.05) is 17.9 Å². The lowest BCUT2D eigenvalue weighted by atomic mass is 10.1. The van der Waals surface area contributed by atoms with Crippen LogP contribution in [-0.2, 0) is 21.4 Å². The van der Waals surface area contributed by atoms with Crippen LogP contribution in [0.1, 0.15) is 22.3 Å². The van der Waals surface area contributed by atoms with Gasteiger partial charge in [0.25, 0.3) is 15.9 Å². The van der Waals surface area contributed by atoms with Gasteiger partial charge in [-0.1, -0.05) is 42.5 Å². The number of carbonyl (C=O) groups excluding carboxylic acids is 1. The molecule has 0 aliphatic rings. The van der Waals surface area contributed by atoms with Gasteiger partial charge < -0.3 is 10.1 Å². The topological polar surface area (TPSA) is 84.5 Å². The number of hydrogen-bond donors (Lipinski definition) is 2. The van der Waals surface area contributed by atoms with Crippen molar-refractivity contribution in [3.8, 4) is 0 Å². The van der Waals surface area contributed by atoms with E-state index in [1.165, 1.54) is 12.1 Å². The summed E-state index contributed by atoms with van der Waals surface area (Å²) in [6, 6.07) is 20.5. The zero-order chi connectivity index (χ0) is 22.1. The highest BCUT2D eigenvalue weighted by molar-refractivity contribution is 7.92. The molecule has 0 unspecified atom stereocenters. The Labute approximate surface area is 181 Å². The third-order valence-corrected chi connectivity index (χ3v) is 5.78. The van der Waals surface area contributed by atoms with Crippen molar-refractivity contribution in [3.05, 3.63) is 95.8 Å². The van der Waals surface area contributed by atoms with Crippen LogP contribution >= 0.6 is 0 Å². The molecule has 0 aliphatic heterocycles. The normalized spacial score (nSPS) is 11.1. The summed E-state index contributed by atoms with van der Waals surface area (Å²) in [5.41, 5.74) is 1.41. The zero-order valence-electron chi connectivity index (χ0n) is 16.8. The summed E-state index contributed by atoms with van der Waals surface area (Å²) >= 11 is 0. The molecule has 1 amide bonds. The number of anilines is 1. The second-order valence-corrected chi connectivity index (χ2v) is 8.44. The van der Waals surface area contributed by atoms with E-state index in [-0.39, 0.29) is 16.1 Å². The highest BCUT2D eigenvalue weighted by atomic mass is 32.2. The van der Waals surface area contributed by atoms with Crippen LogP contribution in [-0.4, -0.2) is 27.5 Å². The lowest BCUT2D eigenvalue weighted by Crippen LogP contribution is -2.27. The lowest BCUT2D eigenvalue weighted by molar-refractivity contribution is 0.0935. The van der Waals surface area contributed by atoms with Gasteiger partial charge in [-0.15, -0.1) is 0 Å². The molecule has 0 aliphatic carbocycles. The van der Waals surface area contributed by atoms with Gasteiger partial charge >= 0.3 is 0 Å². The van der Waals surface area contributed by atoms with Crippen LogP contribution in [0.4, 0.5) is 10.1 Å². The minimum Gasteiger partial charge on any atom is -0.377 e. The molecule has 8 heteroatoms. The van der Waals surface area contributed by atoms with Crippen LogP contribution in [0.5, 0.6) is 0 Å². The number of ether oxygens (including phenoxy) is 1. The number of carbonyl (C=O) groups is 1. The molecule has 0 bridgehead atoms. The molecular formula is C23H23FN2O4S. The third-order valence-electron chi connectivity index (χ3n) is 4.40. The Hall–Kier alpha value is -3.23. The van der Waals surface area contributed by atoms with Crippen LogP contribution in [0, 0.1) is 5.82 Å². The largest absolute Gasteiger partial charge is 0.377 e. The maximum atomic E-state index is 13.1. The number of rotatable bonds is 10. The van der Waals surface area contributed by atoms with E-state index < -0.39 is 21.7 Å². The second kappa shape index (κ2) is 10.7. The molecule has 0 atom stereocenters. The number of benzene rings is 3. The van der Waals surface area contributed by atoms with E-state index in [1.54, 1.807) is 12.1 Å². The number of amides is 1. The SMILES string of the molecule is O=C(NCCCOCc1ccccc1)c1ccccc1NS(=O)(=O)c1ccc(F)cc1. The molecule has 6 nitrogen and oxygen atoms in total. The maximum absolute atomic E-state index is 13.1. The summed E-state index contributed by atoms with van der Waals surface area (Å²) in [6.07, 6.45) is 0.613. The van der Waals surface area contributed by atoms with E-state index in [9.17, 15) is 17.6 Å². The molecule has 0 spiro atoms. The summed E-state index contributed by atoms with van der Waals surface area (Å²) in [5, 5.41) is 2.77. The number of nitrogens with one attached hydrogen (secondary N) is 2. The van der Waals surface area contributed by atoms with E-state index in [1.807, 2.05) is 30.3 Å². The van der Waals surface area contributed by atoms with E-state index in [0.29, 0.717) is 26.2 Å². The van der Waals surface area contributed by atoms with Crippen molar-refractivity contribution < 1.29 is 22.3 Å². The highest BCUT2D eigenvalue weighted by Gasteiger charge is 2.18. The monoisotopic (exact) mass is 442 g/mol. The van der Waals surface area contributed by atoms with Gasteiger partial charge in [0.2, 0.25) is 0 Å². The van der Waals surface area contributed by atoms with Crippen LogP contribution in [0.15, 0.2) is 83.8 Å². The Balaban J connectivity index is 1.53. The predicted octanol–water partition coefficient (Wildman–Crippen LogP) is 3.96. The Morgan fingerprint density at radius 2 is 1.58 bits per heavy atom. The zero-order valence-corrected chi connectivity index (χ0v) is 17.6. The Kier molecular flexibility index (Phi) is 7.75. The van der Waals surface area contributed by atoms with Crippen LogP contribution in [0.25, 0.3) is 0 Å². The fourth-order valence-corrected chi connectivity index (χ4v) is 3.90. The molecule has 31 heavy (non-hydrogen) atoms. The van der Waals surface area contributed by atoms with Crippen molar-refractivity contribution >= 4 is 21.6 Å². The molecule has 0 heterocycles. The fourth-order valence-electron chi connectivity index (χ4n) is 2.82. The van der Waals surface area contributed by atoms with E-state index in [2.05, 4.69) is 10.0 Å². The first-order valence-corrected chi connectivity index (χ1v) is 11.2. The Morgan fingerprint density at radius 1 is 0.903 bits per heavy atom. The van der Waals surface area contributed by atoms with Crippen molar-refractivity contribution in [3.63, 3.8) is 0 Å². The maximum Gasteiger partial charge on any atom is 0.261 e. The smallest absolute Gasteiger partial charge is 0.261 e. The second-order valence-electron chi connectivity index (χ2n) is 6.75. The van der Waals surface area contributed by atoms with E-state index >= 15 is 0 Å². The van der Waals surface area contributed by atoms with E-state index in [0.717, 1.165) is 29.8 Å². The molecule has 0 radical (unpaired) electrons. The molecule has 2 N–H and O–H groups in total. The summed E-state index contributed by atoms with van der Waals surface area (Å²) < 4.78 is 46.2. The summed E-state index contributed by atoms with van der Waals surface area (Å²) in [4.78, 5) is 12.5. The molecule has 3 rings (SSSR count). The van der Waals surface area contributed by atoms with Crippen molar-refractivity contribution in [1.82, 2.24) is 5.32 Å². The van der Waals surface area contributed by atoms with Gasteiger partial charge in [-0.05, 0) is 48.4 Å². The van der Waals surface area contributed by atoms with Crippen LogP contribution in [0.2, 0.25) is 0 Å². The number of hydrogen-bond acceptors (Lipinski definition) is 4. The number of sulfonamides is 1. The van der Waals surface area contributed by atoms with Crippen LogP contribution < -0.4 is 10.0 Å². The first-order chi connectivity index (χ1) is 15.0. The average Bonchev–Trinajstić information content (AvgIpc) is 2.77. The summed E-state index contributed by atoms with van der Waals surface area (Å²) in [5.74, 6) is -0.938. The van der Waals surface area contributed by atoms with Gasteiger partial charge in [0.05, 0.1) is 22.8 Å². The van der Waals surface area contributed by atoms with Crippen molar-refractivity contribution in [2.45, 2.75) is 17.9 Å². The van der Waals surface area contributed by atoms with Gasteiger partial charge in [0.15, 0.2) is 0 Å². The quantitative estimate of drug-likeness (QED) is 0.466. The summed E-state index contributed by atoms with van der Waals surface area (Å²) in [6.45, 7) is 1.36. The van der Waals surface area contributed by atoms with Crippen molar-refractivity contribution in [2.24, 2.45) is 0 Å². The molecule has 3 aromatic carbocycles.